The molecule has 2 nitrogen and oxygen atoms in total. The van der Waals surface area contributed by atoms with Crippen molar-refractivity contribution in [3.05, 3.63) is 54.2 Å². The van der Waals surface area contributed by atoms with Crippen LogP contribution in [0.5, 0.6) is 0 Å². The molecule has 1 heterocycles. The Hall–Kier alpha value is -1.67. The van der Waals surface area contributed by atoms with E-state index in [0.29, 0.717) is 0 Å². The number of nitrogens with zero attached hydrogens (tertiary/aromatic N) is 1. The fourth-order valence-electron chi connectivity index (χ4n) is 2.12. The average molecular weight is 226 g/mol. The quantitative estimate of drug-likeness (QED) is 0.807. The van der Waals surface area contributed by atoms with Crippen molar-refractivity contribution in [1.29, 1.82) is 0 Å². The van der Waals surface area contributed by atoms with Gasteiger partial charge in [0.1, 0.15) is 0 Å². The van der Waals surface area contributed by atoms with Crippen LogP contribution in [0, 0.1) is 0 Å². The summed E-state index contributed by atoms with van der Waals surface area (Å²) in [6.45, 7) is 6.05. The van der Waals surface area contributed by atoms with E-state index in [4.69, 9.17) is 0 Å². The fourth-order valence-corrected chi connectivity index (χ4v) is 2.12. The molecule has 0 bridgehead atoms. The number of para-hydroxylation sites is 1. The molecule has 1 N–H and O–H groups in total. The van der Waals surface area contributed by atoms with Gasteiger partial charge in [-0.05, 0) is 32.0 Å². The van der Waals surface area contributed by atoms with Crippen LogP contribution in [0.1, 0.15) is 24.9 Å². The molecule has 1 unspecified atom stereocenters. The molecular weight excluding hydrogens is 208 g/mol. The van der Waals surface area contributed by atoms with Crippen LogP contribution in [-0.4, -0.2) is 12.0 Å². The van der Waals surface area contributed by atoms with Gasteiger partial charge in [0.05, 0.1) is 5.52 Å². The summed E-state index contributed by atoms with van der Waals surface area (Å²) in [5.41, 5.74) is 3.50. The van der Waals surface area contributed by atoms with Crippen LogP contribution in [-0.2, 0) is 0 Å². The number of benzene rings is 1. The minimum Gasteiger partial charge on any atom is -0.313 e. The van der Waals surface area contributed by atoms with Crippen molar-refractivity contribution < 1.29 is 0 Å². The molecule has 0 aliphatic rings. The predicted octanol–water partition coefficient (Wildman–Crippen LogP) is 3.46. The summed E-state index contributed by atoms with van der Waals surface area (Å²) in [4.78, 5) is 4.49. The van der Waals surface area contributed by atoms with Crippen molar-refractivity contribution >= 4 is 10.9 Å². The summed E-state index contributed by atoms with van der Waals surface area (Å²) in [6, 6.07) is 10.7. The third-order valence-electron chi connectivity index (χ3n) is 2.94. The molecule has 2 rings (SSSR count). The van der Waals surface area contributed by atoms with Crippen LogP contribution in [0.4, 0.5) is 0 Å². The number of aromatic nitrogens is 1. The molecule has 88 valence electrons. The summed E-state index contributed by atoms with van der Waals surface area (Å²) < 4.78 is 0. The first-order valence-electron chi connectivity index (χ1n) is 5.87. The van der Waals surface area contributed by atoms with E-state index in [9.17, 15) is 0 Å². The summed E-state index contributed by atoms with van der Waals surface area (Å²) in [7, 11) is 1.98. The zero-order chi connectivity index (χ0) is 12.3. The van der Waals surface area contributed by atoms with Crippen LogP contribution >= 0.6 is 0 Å². The SMILES string of the molecule is C=C(C)CC(NC)c1cccc2cccnc12. The van der Waals surface area contributed by atoms with Gasteiger partial charge in [-0.3, -0.25) is 4.98 Å². The molecule has 1 aromatic heterocycles. The third kappa shape index (κ3) is 2.53. The van der Waals surface area contributed by atoms with E-state index in [-0.39, 0.29) is 6.04 Å². The Kier molecular flexibility index (Phi) is 3.55. The van der Waals surface area contributed by atoms with Crippen LogP contribution in [0.3, 0.4) is 0 Å². The summed E-state index contributed by atoms with van der Waals surface area (Å²) in [5, 5.41) is 4.53. The summed E-state index contributed by atoms with van der Waals surface area (Å²) >= 11 is 0. The molecule has 0 aliphatic heterocycles. The topological polar surface area (TPSA) is 24.9 Å². The van der Waals surface area contributed by atoms with Gasteiger partial charge in [0.15, 0.2) is 0 Å². The maximum Gasteiger partial charge on any atom is 0.0749 e. The first kappa shape index (κ1) is 11.8. The predicted molar refractivity (Wildman–Crippen MR) is 73.0 cm³/mol. The number of hydrogen-bond acceptors (Lipinski definition) is 2. The molecule has 2 aromatic rings. The lowest BCUT2D eigenvalue weighted by atomic mass is 9.98. The van der Waals surface area contributed by atoms with Crippen molar-refractivity contribution in [2.45, 2.75) is 19.4 Å². The Bertz CT molecular complexity index is 526. The molecular formula is C15H18N2. The Morgan fingerprint density at radius 2 is 2.12 bits per heavy atom. The highest BCUT2D eigenvalue weighted by molar-refractivity contribution is 5.82. The second-order valence-corrected chi connectivity index (χ2v) is 4.42. The number of pyridine rings is 1. The molecule has 1 atom stereocenters. The van der Waals surface area contributed by atoms with Crippen LogP contribution in [0.25, 0.3) is 10.9 Å². The molecule has 0 saturated carbocycles. The number of nitrogens with one attached hydrogen (secondary N) is 1. The first-order valence-corrected chi connectivity index (χ1v) is 5.87. The standard InChI is InChI=1S/C15H18N2/c1-11(2)10-14(16-3)13-8-4-6-12-7-5-9-17-15(12)13/h4-9,14,16H,1,10H2,2-3H3. The monoisotopic (exact) mass is 226 g/mol. The van der Waals surface area contributed by atoms with E-state index < -0.39 is 0 Å². The van der Waals surface area contributed by atoms with Gasteiger partial charge < -0.3 is 5.32 Å². The number of fused-ring (bicyclic) bond motifs is 1. The van der Waals surface area contributed by atoms with Crippen LogP contribution in [0.15, 0.2) is 48.7 Å². The molecule has 0 fully saturated rings. The van der Waals surface area contributed by atoms with Gasteiger partial charge in [0.2, 0.25) is 0 Å². The highest BCUT2D eigenvalue weighted by Crippen LogP contribution is 2.26. The van der Waals surface area contributed by atoms with Crippen LogP contribution in [0.2, 0.25) is 0 Å². The highest BCUT2D eigenvalue weighted by atomic mass is 14.9. The van der Waals surface area contributed by atoms with E-state index >= 15 is 0 Å². The van der Waals surface area contributed by atoms with Gasteiger partial charge in [-0.2, -0.15) is 0 Å². The van der Waals surface area contributed by atoms with Crippen molar-refractivity contribution in [2.24, 2.45) is 0 Å². The Balaban J connectivity index is 2.49. The van der Waals surface area contributed by atoms with Crippen molar-refractivity contribution in [3.63, 3.8) is 0 Å². The minimum absolute atomic E-state index is 0.283. The summed E-state index contributed by atoms with van der Waals surface area (Å²) in [6.07, 6.45) is 2.78. The van der Waals surface area contributed by atoms with Gasteiger partial charge >= 0.3 is 0 Å². The maximum absolute atomic E-state index is 4.49. The molecule has 0 amide bonds. The lowest BCUT2D eigenvalue weighted by Crippen LogP contribution is -2.17. The number of rotatable bonds is 4. The lowest BCUT2D eigenvalue weighted by Gasteiger charge is -2.18. The zero-order valence-electron chi connectivity index (χ0n) is 10.4. The first-order chi connectivity index (χ1) is 8.22. The molecule has 0 aliphatic carbocycles. The molecule has 0 saturated heterocycles. The molecule has 2 heteroatoms. The maximum atomic E-state index is 4.49. The van der Waals surface area contributed by atoms with Gasteiger partial charge in [-0.25, -0.2) is 0 Å². The second-order valence-electron chi connectivity index (χ2n) is 4.42. The van der Waals surface area contributed by atoms with E-state index in [1.807, 2.05) is 19.3 Å². The van der Waals surface area contributed by atoms with Gasteiger partial charge in [-0.1, -0.05) is 29.8 Å². The van der Waals surface area contributed by atoms with Gasteiger partial charge in [0.25, 0.3) is 0 Å². The third-order valence-corrected chi connectivity index (χ3v) is 2.94. The van der Waals surface area contributed by atoms with Crippen molar-refractivity contribution in [2.75, 3.05) is 7.05 Å². The lowest BCUT2D eigenvalue weighted by molar-refractivity contribution is 0.593. The highest BCUT2D eigenvalue weighted by Gasteiger charge is 2.12. The minimum atomic E-state index is 0.283. The summed E-state index contributed by atoms with van der Waals surface area (Å²) in [5.74, 6) is 0. The van der Waals surface area contributed by atoms with E-state index in [0.717, 1.165) is 11.9 Å². The Morgan fingerprint density at radius 3 is 2.82 bits per heavy atom. The van der Waals surface area contributed by atoms with Crippen molar-refractivity contribution in [3.8, 4) is 0 Å². The Labute approximate surface area is 102 Å². The van der Waals surface area contributed by atoms with E-state index in [2.05, 4.69) is 48.1 Å². The Morgan fingerprint density at radius 1 is 1.35 bits per heavy atom. The van der Waals surface area contributed by atoms with Gasteiger partial charge in [-0.15, -0.1) is 6.58 Å². The number of hydrogen-bond donors (Lipinski definition) is 1. The van der Waals surface area contributed by atoms with E-state index in [1.165, 1.54) is 16.5 Å². The van der Waals surface area contributed by atoms with E-state index in [1.54, 1.807) is 0 Å². The smallest absolute Gasteiger partial charge is 0.0749 e. The zero-order valence-corrected chi connectivity index (χ0v) is 10.4. The molecule has 0 spiro atoms. The fraction of sp³-hybridized carbons (Fsp3) is 0.267. The molecule has 0 radical (unpaired) electrons. The molecule has 17 heavy (non-hydrogen) atoms. The average Bonchev–Trinajstić information content (AvgIpc) is 2.35. The van der Waals surface area contributed by atoms with Crippen LogP contribution < -0.4 is 5.32 Å². The van der Waals surface area contributed by atoms with Crippen molar-refractivity contribution in [1.82, 2.24) is 10.3 Å². The largest absolute Gasteiger partial charge is 0.313 e. The normalized spacial score (nSPS) is 12.6. The second kappa shape index (κ2) is 5.11. The molecule has 1 aromatic carbocycles. The van der Waals surface area contributed by atoms with Gasteiger partial charge in [0, 0.05) is 17.6 Å².